The molecule has 10 heteroatoms. The van der Waals surface area contributed by atoms with E-state index in [4.69, 9.17) is 44.3 Å². The number of methoxy groups -OCH3 is 2. The summed E-state index contributed by atoms with van der Waals surface area (Å²) in [5.74, 6) is -0.517. The van der Waals surface area contributed by atoms with Crippen LogP contribution in [0.4, 0.5) is 10.5 Å². The van der Waals surface area contributed by atoms with Crippen LogP contribution in [-0.2, 0) is 0 Å². The van der Waals surface area contributed by atoms with Gasteiger partial charge in [0.15, 0.2) is 5.75 Å². The molecule has 0 atom stereocenters. The van der Waals surface area contributed by atoms with Gasteiger partial charge in [0, 0.05) is 5.69 Å². The molecule has 0 heterocycles. The third kappa shape index (κ3) is 4.54. The zero-order chi connectivity index (χ0) is 19.4. The van der Waals surface area contributed by atoms with Gasteiger partial charge >= 0.3 is 6.03 Å². The molecule has 2 rings (SSSR count). The molecule has 0 aliphatic carbocycles. The van der Waals surface area contributed by atoms with Gasteiger partial charge < -0.3 is 14.8 Å². The van der Waals surface area contributed by atoms with E-state index in [1.54, 1.807) is 0 Å². The summed E-state index contributed by atoms with van der Waals surface area (Å²) in [5, 5.41) is 5.43. The molecule has 0 unspecified atom stereocenters. The standard InChI is InChI=1S/C16H12BrCl3N2O4/c1-25-13-8(17)6-11(20)14(26-2)12(13)15(23)22-16(24)21-7-3-4-9(18)10(19)5-7/h3-6H,1-2H3,(H2,21,22,23,24). The second-order valence-corrected chi connectivity index (χ2v) is 6.89. The number of rotatable bonds is 4. The van der Waals surface area contributed by atoms with Crippen molar-refractivity contribution < 1.29 is 19.1 Å². The monoisotopic (exact) mass is 480 g/mol. The van der Waals surface area contributed by atoms with Crippen molar-refractivity contribution in [3.8, 4) is 11.5 Å². The van der Waals surface area contributed by atoms with E-state index in [0.717, 1.165) is 0 Å². The first-order valence-electron chi connectivity index (χ1n) is 6.95. The number of hydrogen-bond donors (Lipinski definition) is 2. The van der Waals surface area contributed by atoms with Crippen LogP contribution in [0.5, 0.6) is 11.5 Å². The molecular weight excluding hydrogens is 470 g/mol. The number of carbonyl (C=O) groups excluding carboxylic acids is 2. The maximum absolute atomic E-state index is 12.6. The lowest BCUT2D eigenvalue weighted by Crippen LogP contribution is -2.34. The molecule has 0 spiro atoms. The second kappa shape index (κ2) is 8.81. The van der Waals surface area contributed by atoms with Gasteiger partial charge in [-0.1, -0.05) is 34.8 Å². The number of carbonyl (C=O) groups is 2. The van der Waals surface area contributed by atoms with Crippen LogP contribution in [0.15, 0.2) is 28.7 Å². The predicted octanol–water partition coefficient (Wildman–Crippen LogP) is 5.39. The Balaban J connectivity index is 2.26. The third-order valence-corrected chi connectivity index (χ3v) is 4.79. The van der Waals surface area contributed by atoms with E-state index in [1.165, 1.54) is 38.5 Å². The molecule has 0 saturated carbocycles. The summed E-state index contributed by atoms with van der Waals surface area (Å²) in [6.45, 7) is 0. The van der Waals surface area contributed by atoms with Crippen LogP contribution in [0.25, 0.3) is 0 Å². The minimum atomic E-state index is -0.784. The predicted molar refractivity (Wildman–Crippen MR) is 105 cm³/mol. The van der Waals surface area contributed by atoms with Crippen molar-refractivity contribution in [2.24, 2.45) is 0 Å². The number of urea groups is 1. The smallest absolute Gasteiger partial charge is 0.326 e. The van der Waals surface area contributed by atoms with Gasteiger partial charge in [-0.3, -0.25) is 10.1 Å². The molecule has 26 heavy (non-hydrogen) atoms. The number of amides is 3. The minimum Gasteiger partial charge on any atom is -0.495 e. The van der Waals surface area contributed by atoms with Crippen molar-refractivity contribution in [3.63, 3.8) is 0 Å². The number of anilines is 1. The van der Waals surface area contributed by atoms with Gasteiger partial charge in [-0.05, 0) is 40.2 Å². The first kappa shape index (κ1) is 20.6. The summed E-state index contributed by atoms with van der Waals surface area (Å²) < 4.78 is 10.8. The number of nitrogens with one attached hydrogen (secondary N) is 2. The lowest BCUT2D eigenvalue weighted by Gasteiger charge is -2.16. The molecule has 6 nitrogen and oxygen atoms in total. The lowest BCUT2D eigenvalue weighted by atomic mass is 10.1. The zero-order valence-corrected chi connectivity index (χ0v) is 17.3. The maximum atomic E-state index is 12.6. The Kier molecular flexibility index (Phi) is 7.00. The molecule has 138 valence electrons. The van der Waals surface area contributed by atoms with E-state index in [9.17, 15) is 9.59 Å². The summed E-state index contributed by atoms with van der Waals surface area (Å²) in [7, 11) is 2.72. The molecule has 0 radical (unpaired) electrons. The van der Waals surface area contributed by atoms with Crippen LogP contribution in [-0.4, -0.2) is 26.2 Å². The van der Waals surface area contributed by atoms with Crippen molar-refractivity contribution in [1.29, 1.82) is 0 Å². The largest absolute Gasteiger partial charge is 0.495 e. The molecule has 0 saturated heterocycles. The average Bonchev–Trinajstić information content (AvgIpc) is 2.57. The lowest BCUT2D eigenvalue weighted by molar-refractivity contribution is 0.0961. The van der Waals surface area contributed by atoms with Crippen LogP contribution < -0.4 is 20.1 Å². The van der Waals surface area contributed by atoms with Crippen molar-refractivity contribution in [3.05, 3.63) is 49.4 Å². The summed E-state index contributed by atoms with van der Waals surface area (Å²) in [4.78, 5) is 24.7. The summed E-state index contributed by atoms with van der Waals surface area (Å²) in [6, 6.07) is 5.24. The Labute approximate surface area is 172 Å². The highest BCUT2D eigenvalue weighted by atomic mass is 79.9. The fourth-order valence-electron chi connectivity index (χ4n) is 2.09. The van der Waals surface area contributed by atoms with Gasteiger partial charge in [0.2, 0.25) is 0 Å². The highest BCUT2D eigenvalue weighted by Gasteiger charge is 2.25. The van der Waals surface area contributed by atoms with E-state index in [2.05, 4.69) is 26.6 Å². The third-order valence-electron chi connectivity index (χ3n) is 3.18. The molecular formula is C16H12BrCl3N2O4. The first-order valence-corrected chi connectivity index (χ1v) is 8.88. The maximum Gasteiger partial charge on any atom is 0.326 e. The van der Waals surface area contributed by atoms with Gasteiger partial charge in [0.1, 0.15) is 11.3 Å². The molecule has 0 fully saturated rings. The van der Waals surface area contributed by atoms with Crippen molar-refractivity contribution >= 4 is 68.4 Å². The normalized spacial score (nSPS) is 10.2. The minimum absolute atomic E-state index is 0.0290. The first-order chi connectivity index (χ1) is 12.3. The molecule has 0 aliphatic heterocycles. The molecule has 0 aliphatic rings. The van der Waals surface area contributed by atoms with Gasteiger partial charge in [0.25, 0.3) is 5.91 Å². The fourth-order valence-corrected chi connectivity index (χ4v) is 3.39. The molecule has 0 bridgehead atoms. The Hall–Kier alpha value is -1.67. The zero-order valence-electron chi connectivity index (χ0n) is 13.5. The molecule has 2 N–H and O–H groups in total. The van der Waals surface area contributed by atoms with Crippen LogP contribution >= 0.6 is 50.7 Å². The van der Waals surface area contributed by atoms with E-state index in [1.807, 2.05) is 0 Å². The summed E-state index contributed by atoms with van der Waals surface area (Å²) >= 11 is 21.0. The Morgan fingerprint density at radius 3 is 2.19 bits per heavy atom. The molecule has 0 aromatic heterocycles. The van der Waals surface area contributed by atoms with Crippen LogP contribution in [0.1, 0.15) is 10.4 Å². The number of ether oxygens (including phenoxy) is 2. The van der Waals surface area contributed by atoms with Gasteiger partial charge in [-0.25, -0.2) is 4.79 Å². The number of benzene rings is 2. The second-order valence-electron chi connectivity index (χ2n) is 4.82. The number of imide groups is 1. The Bertz CT molecular complexity index is 849. The molecule has 3 amide bonds. The molecule has 2 aromatic carbocycles. The van der Waals surface area contributed by atoms with E-state index in [0.29, 0.717) is 15.2 Å². The van der Waals surface area contributed by atoms with Crippen LogP contribution in [0.2, 0.25) is 15.1 Å². The van der Waals surface area contributed by atoms with Gasteiger partial charge in [0.05, 0.1) is 33.8 Å². The van der Waals surface area contributed by atoms with Gasteiger partial charge in [-0.2, -0.15) is 0 Å². The van der Waals surface area contributed by atoms with E-state index in [-0.39, 0.29) is 27.1 Å². The van der Waals surface area contributed by atoms with Gasteiger partial charge in [-0.15, -0.1) is 0 Å². The highest BCUT2D eigenvalue weighted by molar-refractivity contribution is 9.10. The van der Waals surface area contributed by atoms with E-state index >= 15 is 0 Å². The average molecular weight is 483 g/mol. The van der Waals surface area contributed by atoms with Crippen molar-refractivity contribution in [2.45, 2.75) is 0 Å². The Morgan fingerprint density at radius 1 is 0.962 bits per heavy atom. The number of halogens is 4. The molecule has 2 aromatic rings. The quantitative estimate of drug-likeness (QED) is 0.613. The summed E-state index contributed by atoms with van der Waals surface area (Å²) in [5.41, 5.74) is 0.328. The summed E-state index contributed by atoms with van der Waals surface area (Å²) in [6.07, 6.45) is 0. The van der Waals surface area contributed by atoms with E-state index < -0.39 is 11.9 Å². The topological polar surface area (TPSA) is 76.7 Å². The van der Waals surface area contributed by atoms with Crippen LogP contribution in [0.3, 0.4) is 0 Å². The highest BCUT2D eigenvalue weighted by Crippen LogP contribution is 2.41. The SMILES string of the molecule is COc1c(Cl)cc(Br)c(OC)c1C(=O)NC(=O)Nc1ccc(Cl)c(Cl)c1. The number of hydrogen-bond acceptors (Lipinski definition) is 4. The fraction of sp³-hybridized carbons (Fsp3) is 0.125. The van der Waals surface area contributed by atoms with Crippen molar-refractivity contribution in [2.75, 3.05) is 19.5 Å². The van der Waals surface area contributed by atoms with Crippen molar-refractivity contribution in [1.82, 2.24) is 5.32 Å². The Morgan fingerprint density at radius 2 is 1.62 bits per heavy atom. The van der Waals surface area contributed by atoms with Crippen LogP contribution in [0, 0.1) is 0 Å².